The minimum absolute atomic E-state index is 0.0345. The van der Waals surface area contributed by atoms with Crippen LogP contribution >= 0.6 is 11.6 Å². The van der Waals surface area contributed by atoms with Gasteiger partial charge >= 0.3 is 0 Å². The van der Waals surface area contributed by atoms with Crippen LogP contribution in [-0.4, -0.2) is 72.6 Å². The van der Waals surface area contributed by atoms with Gasteiger partial charge in [0.25, 0.3) is 0 Å². The van der Waals surface area contributed by atoms with Gasteiger partial charge in [0, 0.05) is 34.5 Å². The molecule has 4 atom stereocenters. The molecule has 7 nitrogen and oxygen atoms in total. The van der Waals surface area contributed by atoms with Crippen LogP contribution in [0.1, 0.15) is 37.2 Å². The third-order valence-electron chi connectivity index (χ3n) is 8.19. The number of carbonyl (C=O) groups excluding carboxylic acids is 1. The molecule has 4 aliphatic rings. The van der Waals surface area contributed by atoms with Crippen molar-refractivity contribution in [1.29, 1.82) is 0 Å². The Hall–Kier alpha value is -1.77. The number of carbonyl (C=O) groups is 1. The number of ether oxygens (including phenoxy) is 2. The number of likely N-dealkylation sites (tertiary alicyclic amines) is 1. The molecule has 0 radical (unpaired) electrons. The van der Waals surface area contributed by atoms with E-state index in [0.29, 0.717) is 31.6 Å². The van der Waals surface area contributed by atoms with E-state index in [9.17, 15) is 9.90 Å². The Morgan fingerprint density at radius 3 is 2.76 bits per heavy atom. The average Bonchev–Trinajstić information content (AvgIpc) is 3.09. The highest BCUT2D eigenvalue weighted by Crippen LogP contribution is 2.58. The summed E-state index contributed by atoms with van der Waals surface area (Å²) in [7, 11) is 0. The van der Waals surface area contributed by atoms with Crippen LogP contribution in [-0.2, 0) is 14.3 Å². The van der Waals surface area contributed by atoms with Crippen molar-refractivity contribution in [3.8, 4) is 0 Å². The summed E-state index contributed by atoms with van der Waals surface area (Å²) in [5, 5.41) is 15.9. The van der Waals surface area contributed by atoms with E-state index in [2.05, 4.69) is 21.3 Å². The quantitative estimate of drug-likeness (QED) is 0.712. The summed E-state index contributed by atoms with van der Waals surface area (Å²) in [5.74, 6) is 1.04. The van der Waals surface area contributed by atoms with Crippen LogP contribution in [0.3, 0.4) is 0 Å². The third kappa shape index (κ3) is 4.04. The number of pyridine rings is 1. The Kier molecular flexibility index (Phi) is 5.58. The smallest absolute Gasteiger partial charge is 0.229 e. The number of fused-ring (bicyclic) bond motifs is 1. The van der Waals surface area contributed by atoms with Crippen molar-refractivity contribution in [2.75, 3.05) is 44.8 Å². The highest BCUT2D eigenvalue weighted by molar-refractivity contribution is 6.32. The molecule has 176 valence electrons. The molecule has 4 fully saturated rings. The van der Waals surface area contributed by atoms with Crippen LogP contribution in [0.15, 0.2) is 24.4 Å². The van der Waals surface area contributed by atoms with Crippen LogP contribution in [0.4, 0.5) is 5.82 Å². The van der Waals surface area contributed by atoms with Gasteiger partial charge in [-0.3, -0.25) is 9.69 Å². The number of aliphatic hydroxyl groups excluding tert-OH is 1. The monoisotopic (exact) mass is 471 g/mol. The van der Waals surface area contributed by atoms with Crippen molar-refractivity contribution in [3.63, 3.8) is 0 Å². The van der Waals surface area contributed by atoms with Gasteiger partial charge in [0.05, 0.1) is 32.0 Å². The van der Waals surface area contributed by atoms with Gasteiger partial charge in [-0.1, -0.05) is 11.6 Å². The maximum absolute atomic E-state index is 12.7. The SMILES string of the molecule is O=C(Nc1cc2cc(C3CCN([C@@H]4COC[C@@H]4O)CC3)c(Cl)cc2cn1)C1CC12CCOC2. The van der Waals surface area contributed by atoms with Crippen molar-refractivity contribution in [2.45, 2.75) is 43.7 Å². The van der Waals surface area contributed by atoms with Crippen molar-refractivity contribution in [2.24, 2.45) is 11.3 Å². The molecule has 33 heavy (non-hydrogen) atoms. The summed E-state index contributed by atoms with van der Waals surface area (Å²) < 4.78 is 10.9. The number of anilines is 1. The van der Waals surface area contributed by atoms with Gasteiger partial charge in [-0.2, -0.15) is 0 Å². The second-order valence-corrected chi connectivity index (χ2v) is 10.6. The zero-order valence-corrected chi connectivity index (χ0v) is 19.4. The predicted octanol–water partition coefficient (Wildman–Crippen LogP) is 3.19. The molecule has 3 aliphatic heterocycles. The number of hydrogen-bond acceptors (Lipinski definition) is 6. The van der Waals surface area contributed by atoms with Gasteiger partial charge < -0.3 is 19.9 Å². The number of benzene rings is 1. The van der Waals surface area contributed by atoms with Gasteiger partial charge in [0.15, 0.2) is 0 Å². The highest BCUT2D eigenvalue weighted by atomic mass is 35.5. The molecule has 3 saturated heterocycles. The van der Waals surface area contributed by atoms with Crippen LogP contribution in [0, 0.1) is 11.3 Å². The molecular formula is C25H30ClN3O4. The van der Waals surface area contributed by atoms with E-state index in [1.165, 1.54) is 0 Å². The Morgan fingerprint density at radius 1 is 1.18 bits per heavy atom. The van der Waals surface area contributed by atoms with Crippen LogP contribution < -0.4 is 5.32 Å². The van der Waals surface area contributed by atoms with E-state index < -0.39 is 6.10 Å². The predicted molar refractivity (Wildman–Crippen MR) is 126 cm³/mol. The fourth-order valence-corrected chi connectivity index (χ4v) is 6.30. The van der Waals surface area contributed by atoms with E-state index in [0.717, 1.165) is 66.7 Å². The highest BCUT2D eigenvalue weighted by Gasteiger charge is 2.59. The molecule has 1 aliphatic carbocycles. The van der Waals surface area contributed by atoms with Crippen LogP contribution in [0.5, 0.6) is 0 Å². The maximum Gasteiger partial charge on any atom is 0.229 e. The summed E-state index contributed by atoms with van der Waals surface area (Å²) in [5.41, 5.74) is 1.22. The van der Waals surface area contributed by atoms with Gasteiger partial charge in [0.2, 0.25) is 5.91 Å². The Labute approximate surface area is 198 Å². The Balaban J connectivity index is 1.16. The summed E-state index contributed by atoms with van der Waals surface area (Å²) in [6, 6.07) is 6.20. The van der Waals surface area contributed by atoms with Crippen molar-refractivity contribution in [1.82, 2.24) is 9.88 Å². The first-order chi connectivity index (χ1) is 16.0. The van der Waals surface area contributed by atoms with Crippen molar-refractivity contribution < 1.29 is 19.4 Å². The molecule has 2 aromatic rings. The number of halogens is 1. The normalized spacial score (nSPS) is 32.6. The van der Waals surface area contributed by atoms with Crippen LogP contribution in [0.2, 0.25) is 5.02 Å². The Morgan fingerprint density at radius 2 is 2.03 bits per heavy atom. The summed E-state index contributed by atoms with van der Waals surface area (Å²) >= 11 is 6.68. The largest absolute Gasteiger partial charge is 0.389 e. The molecule has 1 saturated carbocycles. The molecule has 2 unspecified atom stereocenters. The van der Waals surface area contributed by atoms with Crippen LogP contribution in [0.25, 0.3) is 10.8 Å². The second kappa shape index (κ2) is 8.47. The molecule has 8 heteroatoms. The molecule has 4 heterocycles. The number of aliphatic hydroxyl groups is 1. The molecule has 1 amide bonds. The summed E-state index contributed by atoms with van der Waals surface area (Å²) in [6.07, 6.45) is 5.27. The number of rotatable bonds is 4. The molecule has 0 bridgehead atoms. The Bertz CT molecular complexity index is 1070. The first-order valence-corrected chi connectivity index (χ1v) is 12.4. The molecule has 6 rings (SSSR count). The standard InChI is InChI=1S/C25H30ClN3O4/c26-20-8-17-11-27-23(28-24(31)19-10-25(19)3-6-32-14-25)9-16(17)7-18(20)15-1-4-29(5-2-15)21-12-33-13-22(21)30/h7-9,11,15,19,21-22,30H,1-6,10,12-14H2,(H,27,28,31)/t19?,21-,22+,25?/m1/s1. The molecule has 2 N–H and O–H groups in total. The van der Waals surface area contributed by atoms with Crippen molar-refractivity contribution >= 4 is 34.1 Å². The number of nitrogens with one attached hydrogen (secondary N) is 1. The molecule has 1 aromatic carbocycles. The lowest BCUT2D eigenvalue weighted by molar-refractivity contribution is -0.118. The lowest BCUT2D eigenvalue weighted by atomic mass is 9.87. The maximum atomic E-state index is 12.7. The second-order valence-electron chi connectivity index (χ2n) is 10.2. The fraction of sp³-hybridized carbons (Fsp3) is 0.600. The van der Waals surface area contributed by atoms with Gasteiger partial charge in [-0.15, -0.1) is 0 Å². The fourth-order valence-electron chi connectivity index (χ4n) is 5.98. The van der Waals surface area contributed by atoms with E-state index in [1.54, 1.807) is 6.20 Å². The zero-order chi connectivity index (χ0) is 22.6. The minimum Gasteiger partial charge on any atom is -0.389 e. The molecule has 1 aromatic heterocycles. The third-order valence-corrected chi connectivity index (χ3v) is 8.52. The number of hydrogen-bond donors (Lipinski definition) is 2. The van der Waals surface area contributed by atoms with Gasteiger partial charge in [-0.05, 0) is 73.8 Å². The van der Waals surface area contributed by atoms with Gasteiger partial charge in [0.1, 0.15) is 5.82 Å². The first-order valence-electron chi connectivity index (χ1n) is 12.0. The average molecular weight is 472 g/mol. The minimum atomic E-state index is -0.390. The van der Waals surface area contributed by atoms with Gasteiger partial charge in [-0.25, -0.2) is 4.98 Å². The molecule has 1 spiro atoms. The van der Waals surface area contributed by atoms with Crippen molar-refractivity contribution in [3.05, 3.63) is 35.0 Å². The first kappa shape index (κ1) is 21.7. The summed E-state index contributed by atoms with van der Waals surface area (Å²) in [4.78, 5) is 19.5. The number of aromatic nitrogens is 1. The lowest BCUT2D eigenvalue weighted by Crippen LogP contribution is -2.46. The lowest BCUT2D eigenvalue weighted by Gasteiger charge is -2.36. The number of nitrogens with zero attached hydrogens (tertiary/aromatic N) is 2. The topological polar surface area (TPSA) is 83.9 Å². The molecular weight excluding hydrogens is 442 g/mol. The number of amides is 1. The summed E-state index contributed by atoms with van der Waals surface area (Å²) in [6.45, 7) is 4.35. The van der Waals surface area contributed by atoms with E-state index >= 15 is 0 Å². The van der Waals surface area contributed by atoms with E-state index in [-0.39, 0.29) is 23.3 Å². The number of piperidine rings is 1. The zero-order valence-electron chi connectivity index (χ0n) is 18.6. The van der Waals surface area contributed by atoms with E-state index in [1.807, 2.05) is 12.1 Å². The van der Waals surface area contributed by atoms with E-state index in [4.69, 9.17) is 21.1 Å².